The van der Waals surface area contributed by atoms with Gasteiger partial charge in [-0.05, 0) is 23.3 Å². The van der Waals surface area contributed by atoms with Crippen LogP contribution >= 0.6 is 15.9 Å². The Bertz CT molecular complexity index is 619. The van der Waals surface area contributed by atoms with Crippen LogP contribution in [0.4, 0.5) is 0 Å². The van der Waals surface area contributed by atoms with Crippen LogP contribution in [0.1, 0.15) is 11.1 Å². The molecule has 0 heterocycles. The molecule has 0 amide bonds. The lowest BCUT2D eigenvalue weighted by molar-refractivity contribution is 0.695. The Labute approximate surface area is 121 Å². The summed E-state index contributed by atoms with van der Waals surface area (Å²) in [5.74, 6) is 0. The summed E-state index contributed by atoms with van der Waals surface area (Å²) in [5.41, 5.74) is 0.570. The van der Waals surface area contributed by atoms with E-state index in [4.69, 9.17) is 0 Å². The normalized spacial score (nSPS) is 10.5. The third kappa shape index (κ3) is 2.84. The van der Waals surface area contributed by atoms with E-state index in [0.29, 0.717) is 6.42 Å². The standard InChI is InChI=1S/C16H11BrN2/c17-15-8-6-14(7-9-15)16(11-18,12-19)10-13-4-2-1-3-5-13/h1-9H,10H2. The molecule has 2 aromatic rings. The molecule has 92 valence electrons. The van der Waals surface area contributed by atoms with Gasteiger partial charge in [0.2, 0.25) is 0 Å². The molecule has 0 aliphatic rings. The third-order valence-corrected chi connectivity index (χ3v) is 3.56. The van der Waals surface area contributed by atoms with Gasteiger partial charge in [-0.25, -0.2) is 0 Å². The number of benzene rings is 2. The van der Waals surface area contributed by atoms with Crippen LogP contribution in [0, 0.1) is 22.7 Å². The monoisotopic (exact) mass is 310 g/mol. The summed E-state index contributed by atoms with van der Waals surface area (Å²) >= 11 is 3.36. The van der Waals surface area contributed by atoms with Gasteiger partial charge in [-0.1, -0.05) is 58.4 Å². The van der Waals surface area contributed by atoms with Gasteiger partial charge in [-0.2, -0.15) is 10.5 Å². The highest BCUT2D eigenvalue weighted by atomic mass is 79.9. The van der Waals surface area contributed by atoms with E-state index in [0.717, 1.165) is 15.6 Å². The van der Waals surface area contributed by atoms with Gasteiger partial charge in [0, 0.05) is 10.9 Å². The minimum Gasteiger partial charge on any atom is -0.196 e. The highest BCUT2D eigenvalue weighted by Crippen LogP contribution is 2.28. The van der Waals surface area contributed by atoms with Crippen molar-refractivity contribution in [1.29, 1.82) is 10.5 Å². The zero-order valence-electron chi connectivity index (χ0n) is 10.2. The SMILES string of the molecule is N#CC(C#N)(Cc1ccccc1)c1ccc(Br)cc1. The third-order valence-electron chi connectivity index (χ3n) is 3.03. The van der Waals surface area contributed by atoms with E-state index in [9.17, 15) is 10.5 Å². The summed E-state index contributed by atoms with van der Waals surface area (Å²) in [7, 11) is 0. The van der Waals surface area contributed by atoms with E-state index in [1.807, 2.05) is 54.6 Å². The second-order valence-corrected chi connectivity index (χ2v) is 5.21. The van der Waals surface area contributed by atoms with E-state index >= 15 is 0 Å². The van der Waals surface area contributed by atoms with Gasteiger partial charge in [-0.15, -0.1) is 0 Å². The van der Waals surface area contributed by atoms with Crippen molar-refractivity contribution in [3.05, 3.63) is 70.2 Å². The van der Waals surface area contributed by atoms with Crippen LogP contribution in [0.2, 0.25) is 0 Å². The van der Waals surface area contributed by atoms with Crippen LogP contribution in [0.15, 0.2) is 59.1 Å². The average Bonchev–Trinajstić information content (AvgIpc) is 2.47. The van der Waals surface area contributed by atoms with Gasteiger partial charge in [0.05, 0.1) is 12.1 Å². The Morgan fingerprint density at radius 1 is 0.895 bits per heavy atom. The molecule has 2 aromatic carbocycles. The van der Waals surface area contributed by atoms with Crippen molar-refractivity contribution in [2.75, 3.05) is 0 Å². The molecular formula is C16H11BrN2. The van der Waals surface area contributed by atoms with Gasteiger partial charge in [-0.3, -0.25) is 0 Å². The Kier molecular flexibility index (Phi) is 4.00. The Balaban J connectivity index is 2.42. The van der Waals surface area contributed by atoms with E-state index in [2.05, 4.69) is 28.1 Å². The van der Waals surface area contributed by atoms with Crippen molar-refractivity contribution in [2.45, 2.75) is 11.8 Å². The lowest BCUT2D eigenvalue weighted by Crippen LogP contribution is -2.25. The number of halogens is 1. The zero-order valence-corrected chi connectivity index (χ0v) is 11.8. The van der Waals surface area contributed by atoms with Gasteiger partial charge in [0.1, 0.15) is 0 Å². The van der Waals surface area contributed by atoms with Crippen LogP contribution < -0.4 is 0 Å². The Morgan fingerprint density at radius 3 is 2.00 bits per heavy atom. The van der Waals surface area contributed by atoms with Crippen LogP contribution in [0.3, 0.4) is 0 Å². The number of rotatable bonds is 3. The quantitative estimate of drug-likeness (QED) is 0.861. The maximum Gasteiger partial charge on any atom is 0.172 e. The Morgan fingerprint density at radius 2 is 1.47 bits per heavy atom. The molecule has 0 atom stereocenters. The van der Waals surface area contributed by atoms with Crippen molar-refractivity contribution in [1.82, 2.24) is 0 Å². The summed E-state index contributed by atoms with van der Waals surface area (Å²) in [6.07, 6.45) is 0.391. The van der Waals surface area contributed by atoms with Gasteiger partial charge >= 0.3 is 0 Å². The average molecular weight is 311 g/mol. The molecule has 0 aliphatic heterocycles. The molecule has 19 heavy (non-hydrogen) atoms. The predicted octanol–water partition coefficient (Wildman–Crippen LogP) is 3.98. The maximum atomic E-state index is 9.48. The molecule has 0 fully saturated rings. The first kappa shape index (κ1) is 13.3. The van der Waals surface area contributed by atoms with Crippen molar-refractivity contribution in [2.24, 2.45) is 0 Å². The van der Waals surface area contributed by atoms with E-state index in [1.54, 1.807) is 0 Å². The van der Waals surface area contributed by atoms with Gasteiger partial charge in [0.15, 0.2) is 5.41 Å². The molecule has 0 N–H and O–H groups in total. The molecule has 3 heteroatoms. The molecule has 0 saturated heterocycles. The van der Waals surface area contributed by atoms with Crippen molar-refractivity contribution in [3.8, 4) is 12.1 Å². The molecule has 0 unspecified atom stereocenters. The first-order valence-electron chi connectivity index (χ1n) is 5.83. The summed E-state index contributed by atoms with van der Waals surface area (Å²) < 4.78 is 0.931. The van der Waals surface area contributed by atoms with Crippen LogP contribution in [0.5, 0.6) is 0 Å². The highest BCUT2D eigenvalue weighted by Gasteiger charge is 2.32. The van der Waals surface area contributed by atoms with Gasteiger partial charge < -0.3 is 0 Å². The molecule has 0 spiro atoms. The van der Waals surface area contributed by atoms with E-state index in [-0.39, 0.29) is 0 Å². The van der Waals surface area contributed by atoms with E-state index in [1.165, 1.54) is 0 Å². The number of hydrogen-bond acceptors (Lipinski definition) is 2. The number of nitriles is 2. The van der Waals surface area contributed by atoms with E-state index < -0.39 is 5.41 Å². The molecule has 0 saturated carbocycles. The fourth-order valence-corrected chi connectivity index (χ4v) is 2.24. The summed E-state index contributed by atoms with van der Waals surface area (Å²) in [6.45, 7) is 0. The molecule has 2 nitrogen and oxygen atoms in total. The Hall–Kier alpha value is -2.10. The topological polar surface area (TPSA) is 47.6 Å². The first-order valence-corrected chi connectivity index (χ1v) is 6.62. The van der Waals surface area contributed by atoms with Crippen molar-refractivity contribution in [3.63, 3.8) is 0 Å². The number of nitrogens with zero attached hydrogens (tertiary/aromatic N) is 2. The first-order chi connectivity index (χ1) is 9.20. The van der Waals surface area contributed by atoms with Crippen LogP contribution in [-0.2, 0) is 11.8 Å². The molecule has 0 aliphatic carbocycles. The highest BCUT2D eigenvalue weighted by molar-refractivity contribution is 9.10. The number of hydrogen-bond donors (Lipinski definition) is 0. The lowest BCUT2D eigenvalue weighted by Gasteiger charge is -2.19. The zero-order chi connectivity index (χ0) is 13.7. The molecule has 0 aromatic heterocycles. The molecule has 2 rings (SSSR count). The second kappa shape index (κ2) is 5.69. The smallest absolute Gasteiger partial charge is 0.172 e. The largest absolute Gasteiger partial charge is 0.196 e. The predicted molar refractivity (Wildman–Crippen MR) is 77.2 cm³/mol. The fourth-order valence-electron chi connectivity index (χ4n) is 1.97. The lowest BCUT2D eigenvalue weighted by atomic mass is 9.78. The van der Waals surface area contributed by atoms with Crippen molar-refractivity contribution >= 4 is 15.9 Å². The molecular weight excluding hydrogens is 300 g/mol. The molecule has 0 radical (unpaired) electrons. The second-order valence-electron chi connectivity index (χ2n) is 4.30. The van der Waals surface area contributed by atoms with Crippen molar-refractivity contribution < 1.29 is 0 Å². The fraction of sp³-hybridized carbons (Fsp3) is 0.125. The van der Waals surface area contributed by atoms with Gasteiger partial charge in [0.25, 0.3) is 0 Å². The maximum absolute atomic E-state index is 9.48. The summed E-state index contributed by atoms with van der Waals surface area (Å²) in [5, 5.41) is 19.0. The summed E-state index contributed by atoms with van der Waals surface area (Å²) in [6, 6.07) is 21.3. The van der Waals surface area contributed by atoms with Crippen LogP contribution in [-0.4, -0.2) is 0 Å². The van der Waals surface area contributed by atoms with Crippen LogP contribution in [0.25, 0.3) is 0 Å². The minimum atomic E-state index is -1.14. The minimum absolute atomic E-state index is 0.391. The molecule has 0 bridgehead atoms. The summed E-state index contributed by atoms with van der Waals surface area (Å²) in [4.78, 5) is 0.